The smallest absolute Gasteiger partial charge is 0.311 e. The van der Waals surface area contributed by atoms with Crippen LogP contribution in [0.4, 0.5) is 5.69 Å². The van der Waals surface area contributed by atoms with E-state index in [1.807, 2.05) is 30.3 Å². The molecule has 2 aromatic rings. The van der Waals surface area contributed by atoms with Crippen molar-refractivity contribution < 1.29 is 19.2 Å². The average Bonchev–Trinajstić information content (AvgIpc) is 2.69. The zero-order valence-electron chi connectivity index (χ0n) is 15.6. The molecule has 152 valence electrons. The maximum atomic E-state index is 12.5. The topological polar surface area (TPSA) is 108 Å². The van der Waals surface area contributed by atoms with Crippen molar-refractivity contribution in [2.75, 3.05) is 33.4 Å². The maximum Gasteiger partial charge on any atom is 0.311 e. The summed E-state index contributed by atoms with van der Waals surface area (Å²) in [5, 5.41) is 10.9. The second-order valence-corrected chi connectivity index (χ2v) is 5.78. The number of hydrogen-bond donors (Lipinski definition) is 1. The van der Waals surface area contributed by atoms with Gasteiger partial charge < -0.3 is 20.1 Å². The number of hydrogen-bond acceptors (Lipinski definition) is 6. The Morgan fingerprint density at radius 3 is 2.50 bits per heavy atom. The number of amides is 1. The fourth-order valence-corrected chi connectivity index (χ4v) is 2.56. The van der Waals surface area contributed by atoms with Crippen LogP contribution in [0.5, 0.6) is 11.5 Å². The van der Waals surface area contributed by atoms with Crippen molar-refractivity contribution in [1.82, 2.24) is 4.90 Å². The monoisotopic (exact) mass is 409 g/mol. The van der Waals surface area contributed by atoms with Gasteiger partial charge in [-0.3, -0.25) is 14.9 Å². The van der Waals surface area contributed by atoms with E-state index in [-0.39, 0.29) is 36.4 Å². The van der Waals surface area contributed by atoms with Crippen LogP contribution in [0.2, 0.25) is 0 Å². The van der Waals surface area contributed by atoms with Gasteiger partial charge in [0.15, 0.2) is 6.61 Å². The minimum atomic E-state index is -0.541. The van der Waals surface area contributed by atoms with Crippen molar-refractivity contribution in [3.63, 3.8) is 0 Å². The van der Waals surface area contributed by atoms with Gasteiger partial charge in [0.2, 0.25) is 5.75 Å². The molecular weight excluding hydrogens is 386 g/mol. The zero-order chi connectivity index (χ0) is 19.6. The van der Waals surface area contributed by atoms with E-state index in [0.29, 0.717) is 25.4 Å². The molecule has 0 atom stereocenters. The molecule has 0 bridgehead atoms. The van der Waals surface area contributed by atoms with Crippen LogP contribution in [-0.2, 0) is 11.2 Å². The summed E-state index contributed by atoms with van der Waals surface area (Å²) in [6.07, 6.45) is 0.720. The summed E-state index contributed by atoms with van der Waals surface area (Å²) in [5.74, 6) is 0.197. The van der Waals surface area contributed by atoms with Gasteiger partial charge in [0.05, 0.1) is 12.0 Å². The quantitative estimate of drug-likeness (QED) is 0.477. The molecule has 8 nitrogen and oxygen atoms in total. The van der Waals surface area contributed by atoms with Crippen molar-refractivity contribution in [2.24, 2.45) is 5.73 Å². The van der Waals surface area contributed by atoms with Crippen molar-refractivity contribution >= 4 is 24.0 Å². The number of nitrogens with two attached hydrogens (primary N) is 1. The van der Waals surface area contributed by atoms with Crippen LogP contribution >= 0.6 is 12.4 Å². The molecule has 0 radical (unpaired) electrons. The third-order valence-electron chi connectivity index (χ3n) is 3.98. The minimum Gasteiger partial charge on any atom is -0.490 e. The van der Waals surface area contributed by atoms with Crippen LogP contribution in [-0.4, -0.2) is 49.1 Å². The second-order valence-electron chi connectivity index (χ2n) is 5.78. The van der Waals surface area contributed by atoms with Crippen LogP contribution in [0.1, 0.15) is 5.56 Å². The van der Waals surface area contributed by atoms with Gasteiger partial charge in [0.25, 0.3) is 5.91 Å². The fourth-order valence-electron chi connectivity index (χ4n) is 2.56. The number of halogens is 1. The van der Waals surface area contributed by atoms with E-state index >= 15 is 0 Å². The number of nitrogens with zero attached hydrogens (tertiary/aromatic N) is 2. The molecule has 9 heteroatoms. The van der Waals surface area contributed by atoms with Gasteiger partial charge in [-0.25, -0.2) is 0 Å². The number of benzene rings is 2. The molecule has 0 aromatic heterocycles. The molecule has 0 unspecified atom stereocenters. The van der Waals surface area contributed by atoms with Crippen LogP contribution < -0.4 is 15.2 Å². The van der Waals surface area contributed by atoms with Crippen molar-refractivity contribution in [1.29, 1.82) is 0 Å². The molecule has 1 amide bonds. The lowest BCUT2D eigenvalue weighted by Crippen LogP contribution is -2.39. The third kappa shape index (κ3) is 6.71. The van der Waals surface area contributed by atoms with Crippen LogP contribution in [0, 0.1) is 10.1 Å². The molecule has 0 heterocycles. The molecule has 0 aliphatic heterocycles. The number of nitro benzene ring substituents is 1. The number of ether oxygens (including phenoxy) is 2. The summed E-state index contributed by atoms with van der Waals surface area (Å²) in [5.41, 5.74) is 6.58. The van der Waals surface area contributed by atoms with Crippen LogP contribution in [0.15, 0.2) is 48.5 Å². The van der Waals surface area contributed by atoms with E-state index in [9.17, 15) is 14.9 Å². The number of methoxy groups -OCH3 is 1. The first-order valence-electron chi connectivity index (χ1n) is 8.52. The first-order valence-corrected chi connectivity index (χ1v) is 8.52. The van der Waals surface area contributed by atoms with Crippen molar-refractivity contribution in [2.45, 2.75) is 6.42 Å². The predicted octanol–water partition coefficient (Wildman–Crippen LogP) is 2.43. The van der Waals surface area contributed by atoms with E-state index in [0.717, 1.165) is 12.0 Å². The van der Waals surface area contributed by atoms with Crippen LogP contribution in [0.3, 0.4) is 0 Å². The van der Waals surface area contributed by atoms with Crippen molar-refractivity contribution in [3.05, 3.63) is 64.2 Å². The van der Waals surface area contributed by atoms with E-state index < -0.39 is 4.92 Å². The molecule has 2 rings (SSSR count). The number of nitro groups is 1. The van der Waals surface area contributed by atoms with E-state index in [1.54, 1.807) is 4.90 Å². The lowest BCUT2D eigenvalue weighted by molar-refractivity contribution is -0.385. The molecule has 0 spiro atoms. The lowest BCUT2D eigenvalue weighted by atomic mass is 10.1. The summed E-state index contributed by atoms with van der Waals surface area (Å²) in [7, 11) is 1.34. The summed E-state index contributed by atoms with van der Waals surface area (Å²) in [6, 6.07) is 14.0. The standard InChI is InChI=1S/C19H23N3O5.ClH/c1-26-18-13-16(7-8-17(18)22(24)25)27-14-19(23)21(12-10-20)11-9-15-5-3-2-4-6-15;/h2-8,13H,9-12,14,20H2,1H3;1H. The second kappa shape index (κ2) is 11.8. The highest BCUT2D eigenvalue weighted by Gasteiger charge is 2.17. The average molecular weight is 410 g/mol. The molecule has 0 saturated carbocycles. The Balaban J connectivity index is 0.00000392. The van der Waals surface area contributed by atoms with Crippen molar-refractivity contribution in [3.8, 4) is 11.5 Å². The maximum absolute atomic E-state index is 12.5. The molecule has 0 aliphatic carbocycles. The molecule has 0 saturated heterocycles. The Bertz CT molecular complexity index is 773. The lowest BCUT2D eigenvalue weighted by Gasteiger charge is -2.22. The minimum absolute atomic E-state index is 0. The van der Waals surface area contributed by atoms with Gasteiger partial charge in [0.1, 0.15) is 5.75 Å². The van der Waals surface area contributed by atoms with E-state index in [1.165, 1.54) is 25.3 Å². The summed E-state index contributed by atoms with van der Waals surface area (Å²) < 4.78 is 10.5. The molecule has 28 heavy (non-hydrogen) atoms. The van der Waals surface area contributed by atoms with Gasteiger partial charge in [-0.05, 0) is 18.1 Å². The van der Waals surface area contributed by atoms with E-state index in [2.05, 4.69) is 0 Å². The van der Waals surface area contributed by atoms with Gasteiger partial charge in [0, 0.05) is 31.8 Å². The van der Waals surface area contributed by atoms with Gasteiger partial charge >= 0.3 is 5.69 Å². The Kier molecular flexibility index (Phi) is 9.76. The van der Waals surface area contributed by atoms with Gasteiger partial charge in [-0.1, -0.05) is 30.3 Å². The van der Waals surface area contributed by atoms with E-state index in [4.69, 9.17) is 15.2 Å². The molecular formula is C19H24ClN3O5. The number of carbonyl (C=O) groups excluding carboxylic acids is 1. The SMILES string of the molecule is COc1cc(OCC(=O)N(CCN)CCc2ccccc2)ccc1[N+](=O)[O-].Cl. The number of carbonyl (C=O) groups is 1. The third-order valence-corrected chi connectivity index (χ3v) is 3.98. The normalized spacial score (nSPS) is 9.93. The highest BCUT2D eigenvalue weighted by Crippen LogP contribution is 2.30. The zero-order valence-corrected chi connectivity index (χ0v) is 16.4. The molecule has 2 aromatic carbocycles. The highest BCUT2D eigenvalue weighted by molar-refractivity contribution is 5.85. The predicted molar refractivity (Wildman–Crippen MR) is 108 cm³/mol. The first-order chi connectivity index (χ1) is 13.0. The largest absolute Gasteiger partial charge is 0.490 e. The van der Waals surface area contributed by atoms with Gasteiger partial charge in [-0.2, -0.15) is 0 Å². The Labute approximate surface area is 169 Å². The van der Waals surface area contributed by atoms with Gasteiger partial charge in [-0.15, -0.1) is 12.4 Å². The summed E-state index contributed by atoms with van der Waals surface area (Å²) in [6.45, 7) is 1.13. The number of rotatable bonds is 10. The first kappa shape index (κ1) is 23.2. The molecule has 0 aliphatic rings. The summed E-state index contributed by atoms with van der Waals surface area (Å²) >= 11 is 0. The highest BCUT2D eigenvalue weighted by atomic mass is 35.5. The van der Waals surface area contributed by atoms with Crippen LogP contribution in [0.25, 0.3) is 0 Å². The fraction of sp³-hybridized carbons (Fsp3) is 0.316. The Hall–Kier alpha value is -2.84. The summed E-state index contributed by atoms with van der Waals surface area (Å²) in [4.78, 5) is 24.5. The molecule has 2 N–H and O–H groups in total. The Morgan fingerprint density at radius 1 is 1.18 bits per heavy atom. The Morgan fingerprint density at radius 2 is 1.89 bits per heavy atom. The molecule has 0 fully saturated rings.